The topological polar surface area (TPSA) is 127 Å². The number of halogens is 3. The second-order valence-electron chi connectivity index (χ2n) is 4.93. The zero-order chi connectivity index (χ0) is 17.2. The van der Waals surface area contributed by atoms with Crippen LogP contribution >= 0.6 is 0 Å². The van der Waals surface area contributed by atoms with Crippen molar-refractivity contribution in [3.63, 3.8) is 0 Å². The molecule has 126 valence electrons. The molecule has 9 nitrogen and oxygen atoms in total. The summed E-state index contributed by atoms with van der Waals surface area (Å²) in [4.78, 5) is 19.1. The molecule has 2 aromatic heterocycles. The predicted octanol–water partition coefficient (Wildman–Crippen LogP) is 0.0372. The minimum absolute atomic E-state index is 0.0736. The molecule has 0 spiro atoms. The third kappa shape index (κ3) is 3.83. The van der Waals surface area contributed by atoms with Crippen molar-refractivity contribution >= 4 is 5.91 Å². The van der Waals surface area contributed by atoms with Gasteiger partial charge in [-0.2, -0.15) is 22.8 Å². The third-order valence-corrected chi connectivity index (χ3v) is 2.92. The highest BCUT2D eigenvalue weighted by molar-refractivity contribution is 5.90. The van der Waals surface area contributed by atoms with Crippen molar-refractivity contribution in [2.45, 2.75) is 20.0 Å². The van der Waals surface area contributed by atoms with E-state index in [1.165, 1.54) is 6.92 Å². The maximum atomic E-state index is 12.5. The van der Waals surface area contributed by atoms with Gasteiger partial charge in [0.1, 0.15) is 5.82 Å². The summed E-state index contributed by atoms with van der Waals surface area (Å²) >= 11 is 0. The fourth-order valence-electron chi connectivity index (χ4n) is 1.58. The molecule has 4 N–H and O–H groups in total. The molecular formula is C11H15F3N8O. The molecule has 12 heteroatoms. The van der Waals surface area contributed by atoms with Crippen molar-refractivity contribution in [1.82, 2.24) is 35.3 Å². The molecule has 2 heterocycles. The Bertz CT molecular complexity index is 692. The SMILES string of the molecule is Cc1nc(C(=O)NCC(C)CN)nn1-c1n[nH]c(C(F)(F)F)n1. The molecule has 2 rings (SSSR count). The van der Waals surface area contributed by atoms with Gasteiger partial charge in [-0.25, -0.2) is 4.98 Å². The van der Waals surface area contributed by atoms with Crippen LogP contribution in [0.4, 0.5) is 13.2 Å². The molecule has 0 saturated heterocycles. The van der Waals surface area contributed by atoms with E-state index in [1.54, 1.807) is 5.10 Å². The second-order valence-corrected chi connectivity index (χ2v) is 4.93. The molecule has 0 aromatic carbocycles. The largest absolute Gasteiger partial charge is 0.451 e. The van der Waals surface area contributed by atoms with Crippen LogP contribution in [0.3, 0.4) is 0 Å². The number of hydrogen-bond acceptors (Lipinski definition) is 6. The summed E-state index contributed by atoms with van der Waals surface area (Å²) in [7, 11) is 0. The van der Waals surface area contributed by atoms with Crippen LogP contribution in [0.2, 0.25) is 0 Å². The molecule has 0 radical (unpaired) electrons. The monoisotopic (exact) mass is 332 g/mol. The Morgan fingerprint density at radius 2 is 2.13 bits per heavy atom. The van der Waals surface area contributed by atoms with Crippen molar-refractivity contribution < 1.29 is 18.0 Å². The quantitative estimate of drug-likeness (QED) is 0.709. The normalized spacial score (nSPS) is 13.1. The summed E-state index contributed by atoms with van der Waals surface area (Å²) in [6.45, 7) is 4.06. The average Bonchev–Trinajstić information content (AvgIpc) is 3.10. The van der Waals surface area contributed by atoms with E-state index in [4.69, 9.17) is 5.73 Å². The van der Waals surface area contributed by atoms with Crippen molar-refractivity contribution in [3.05, 3.63) is 17.5 Å². The summed E-state index contributed by atoms with van der Waals surface area (Å²) in [6, 6.07) is 0. The molecule has 0 aliphatic rings. The molecule has 0 bridgehead atoms. The minimum atomic E-state index is -4.65. The molecule has 0 aliphatic carbocycles. The number of alkyl halides is 3. The number of hydrogen-bond donors (Lipinski definition) is 3. The highest BCUT2D eigenvalue weighted by atomic mass is 19.4. The lowest BCUT2D eigenvalue weighted by molar-refractivity contribution is -0.144. The smallest absolute Gasteiger partial charge is 0.349 e. The van der Waals surface area contributed by atoms with E-state index >= 15 is 0 Å². The van der Waals surface area contributed by atoms with Crippen molar-refractivity contribution in [1.29, 1.82) is 0 Å². The zero-order valence-electron chi connectivity index (χ0n) is 12.3. The number of H-pyrrole nitrogens is 1. The summed E-state index contributed by atoms with van der Waals surface area (Å²) in [5, 5.41) is 11.6. The molecule has 0 saturated carbocycles. The Labute approximate surface area is 128 Å². The number of carbonyl (C=O) groups is 1. The zero-order valence-corrected chi connectivity index (χ0v) is 12.3. The molecular weight excluding hydrogens is 317 g/mol. The summed E-state index contributed by atoms with van der Waals surface area (Å²) in [6.07, 6.45) is -4.65. The Balaban J connectivity index is 2.18. The van der Waals surface area contributed by atoms with Crippen molar-refractivity contribution in [2.24, 2.45) is 11.7 Å². The van der Waals surface area contributed by atoms with Crippen LogP contribution in [-0.2, 0) is 6.18 Å². The lowest BCUT2D eigenvalue weighted by Crippen LogP contribution is -2.32. The second kappa shape index (κ2) is 6.32. The van der Waals surface area contributed by atoms with Crippen LogP contribution in [0.15, 0.2) is 0 Å². The fraction of sp³-hybridized carbons (Fsp3) is 0.545. The van der Waals surface area contributed by atoms with E-state index in [2.05, 4.69) is 25.5 Å². The Morgan fingerprint density at radius 3 is 2.70 bits per heavy atom. The van der Waals surface area contributed by atoms with Crippen LogP contribution in [0.25, 0.3) is 5.95 Å². The maximum absolute atomic E-state index is 12.5. The van der Waals surface area contributed by atoms with E-state index in [1.807, 2.05) is 6.92 Å². The number of nitrogens with one attached hydrogen (secondary N) is 2. The van der Waals surface area contributed by atoms with Gasteiger partial charge in [-0.1, -0.05) is 6.92 Å². The first-order valence-corrected chi connectivity index (χ1v) is 6.64. The first kappa shape index (κ1) is 16.9. The van der Waals surface area contributed by atoms with E-state index in [0.29, 0.717) is 13.1 Å². The van der Waals surface area contributed by atoms with Gasteiger partial charge in [-0.3, -0.25) is 9.89 Å². The molecule has 1 unspecified atom stereocenters. The van der Waals surface area contributed by atoms with Gasteiger partial charge in [-0.05, 0) is 19.4 Å². The summed E-state index contributed by atoms with van der Waals surface area (Å²) in [5.74, 6) is -2.11. The first-order chi connectivity index (χ1) is 10.7. The van der Waals surface area contributed by atoms with Crippen LogP contribution in [0.1, 0.15) is 29.2 Å². The van der Waals surface area contributed by atoms with E-state index in [-0.39, 0.29) is 23.5 Å². The van der Waals surface area contributed by atoms with Crippen molar-refractivity contribution in [2.75, 3.05) is 13.1 Å². The number of nitrogens with two attached hydrogens (primary N) is 1. The lowest BCUT2D eigenvalue weighted by atomic mass is 10.2. The van der Waals surface area contributed by atoms with Gasteiger partial charge >= 0.3 is 6.18 Å². The standard InChI is InChI=1S/C11H15F3N8O/c1-5(3-15)4-16-8(23)7-17-6(2)22(21-7)10-18-9(19-20-10)11(12,13)14/h5H,3-4,15H2,1-2H3,(H,16,23)(H,18,19,20). The van der Waals surface area contributed by atoms with Crippen molar-refractivity contribution in [3.8, 4) is 5.95 Å². The molecule has 1 amide bonds. The van der Waals surface area contributed by atoms with Crippen LogP contribution < -0.4 is 11.1 Å². The van der Waals surface area contributed by atoms with Crippen LogP contribution in [0.5, 0.6) is 0 Å². The van der Waals surface area contributed by atoms with Gasteiger partial charge in [0.15, 0.2) is 0 Å². The maximum Gasteiger partial charge on any atom is 0.451 e. The first-order valence-electron chi connectivity index (χ1n) is 6.64. The number of aromatic nitrogens is 6. The highest BCUT2D eigenvalue weighted by Crippen LogP contribution is 2.26. The predicted molar refractivity (Wildman–Crippen MR) is 71.6 cm³/mol. The number of aromatic amines is 1. The molecule has 1 atom stereocenters. The number of rotatable bonds is 5. The van der Waals surface area contributed by atoms with Gasteiger partial charge in [0, 0.05) is 6.54 Å². The Kier molecular flexibility index (Phi) is 4.63. The number of carbonyl (C=O) groups excluding carboxylic acids is 1. The van der Waals surface area contributed by atoms with Crippen LogP contribution in [0, 0.1) is 12.8 Å². The van der Waals surface area contributed by atoms with Crippen LogP contribution in [-0.4, -0.2) is 48.9 Å². The highest BCUT2D eigenvalue weighted by Gasteiger charge is 2.35. The van der Waals surface area contributed by atoms with Gasteiger partial charge in [-0.15, -0.1) is 10.2 Å². The third-order valence-electron chi connectivity index (χ3n) is 2.92. The van der Waals surface area contributed by atoms with Gasteiger partial charge in [0.05, 0.1) is 0 Å². The number of aryl methyl sites for hydroxylation is 1. The summed E-state index contributed by atoms with van der Waals surface area (Å²) < 4.78 is 38.5. The summed E-state index contributed by atoms with van der Waals surface area (Å²) in [5.41, 5.74) is 5.44. The lowest BCUT2D eigenvalue weighted by Gasteiger charge is -2.07. The Hall–Kier alpha value is -2.50. The van der Waals surface area contributed by atoms with Gasteiger partial charge in [0.25, 0.3) is 11.9 Å². The molecule has 0 fully saturated rings. The average molecular weight is 332 g/mol. The fourth-order valence-corrected chi connectivity index (χ4v) is 1.58. The molecule has 23 heavy (non-hydrogen) atoms. The van der Waals surface area contributed by atoms with E-state index in [9.17, 15) is 18.0 Å². The van der Waals surface area contributed by atoms with Gasteiger partial charge < -0.3 is 11.1 Å². The molecule has 2 aromatic rings. The van der Waals surface area contributed by atoms with E-state index in [0.717, 1.165) is 4.68 Å². The van der Waals surface area contributed by atoms with Gasteiger partial charge in [0.2, 0.25) is 11.6 Å². The minimum Gasteiger partial charge on any atom is -0.349 e. The molecule has 0 aliphatic heterocycles. The van der Waals surface area contributed by atoms with E-state index < -0.39 is 17.9 Å². The number of amides is 1. The number of nitrogens with zero attached hydrogens (tertiary/aromatic N) is 5. The Morgan fingerprint density at radius 1 is 1.43 bits per heavy atom.